The van der Waals surface area contributed by atoms with Crippen LogP contribution in [0.1, 0.15) is 78.5 Å². The van der Waals surface area contributed by atoms with Gasteiger partial charge in [0, 0.05) is 32.9 Å². The maximum atomic E-state index is 14.3. The largest absolute Gasteiger partial charge is 0.455 e. The van der Waals surface area contributed by atoms with Crippen LogP contribution in [0.2, 0.25) is 0 Å². The lowest BCUT2D eigenvalue weighted by Gasteiger charge is -2.35. The molecule has 2 aromatic carbocycles. The van der Waals surface area contributed by atoms with Crippen LogP contribution in [0, 0.1) is 11.8 Å². The topological polar surface area (TPSA) is 147 Å². The molecule has 1 saturated heterocycles. The van der Waals surface area contributed by atoms with Crippen LogP contribution in [-0.4, -0.2) is 89.4 Å². The standard InChI is InChI=1S/C42H57N3O8/c1-10-26(2)34-38(47)43-31(24-29-20-13-11-14-21-29)37(46)44-36(41(5,6)50)39(48)52-35(30-22-15-12-16-23-30)28(4)19-17-18-27(3)32(51-9)25-33-42(7,53-33)40(49)45(34)8/h11-23,26,28,31-36,50H,10,24-25H2,1-9H3,(H,43,47)(H,44,46)/b19-17+,27-18+/t26-,28+,31+,32+,33-,34-,35-,36+,42+/m0/s1. The van der Waals surface area contributed by atoms with Gasteiger partial charge < -0.3 is 34.9 Å². The molecule has 0 bridgehead atoms. The van der Waals surface area contributed by atoms with Gasteiger partial charge in [-0.3, -0.25) is 14.4 Å². The summed E-state index contributed by atoms with van der Waals surface area (Å²) < 4.78 is 18.0. The highest BCUT2D eigenvalue weighted by Crippen LogP contribution is 2.42. The van der Waals surface area contributed by atoms with Crippen molar-refractivity contribution < 1.29 is 38.5 Å². The molecule has 2 heterocycles. The molecule has 0 saturated carbocycles. The van der Waals surface area contributed by atoms with Crippen LogP contribution in [0.5, 0.6) is 0 Å². The average Bonchev–Trinajstić information content (AvgIpc) is 3.80. The molecular weight excluding hydrogens is 674 g/mol. The number of nitrogens with one attached hydrogen (secondary N) is 2. The Morgan fingerprint density at radius 3 is 2.23 bits per heavy atom. The molecule has 2 aromatic rings. The van der Waals surface area contributed by atoms with Crippen molar-refractivity contribution in [1.82, 2.24) is 15.5 Å². The Balaban J connectivity index is 1.80. The summed E-state index contributed by atoms with van der Waals surface area (Å²) in [5.41, 5.74) is -0.520. The zero-order chi connectivity index (χ0) is 39.1. The third-order valence-corrected chi connectivity index (χ3v) is 10.5. The van der Waals surface area contributed by atoms with Crippen molar-refractivity contribution in [2.45, 2.75) is 115 Å². The summed E-state index contributed by atoms with van der Waals surface area (Å²) in [6, 6.07) is 14.8. The van der Waals surface area contributed by atoms with E-state index < -0.39 is 59.3 Å². The molecule has 9 atom stereocenters. The van der Waals surface area contributed by atoms with E-state index in [9.17, 15) is 24.3 Å². The van der Waals surface area contributed by atoms with E-state index in [0.717, 1.165) is 16.7 Å². The maximum absolute atomic E-state index is 14.3. The second-order valence-electron chi connectivity index (χ2n) is 15.2. The summed E-state index contributed by atoms with van der Waals surface area (Å²) in [7, 11) is 3.19. The number of cyclic esters (lactones) is 1. The number of aliphatic hydroxyl groups is 1. The van der Waals surface area contributed by atoms with Crippen molar-refractivity contribution in [2.75, 3.05) is 14.2 Å². The fourth-order valence-electron chi connectivity index (χ4n) is 6.89. The van der Waals surface area contributed by atoms with Crippen LogP contribution < -0.4 is 10.6 Å². The van der Waals surface area contributed by atoms with E-state index in [1.54, 1.807) is 21.1 Å². The van der Waals surface area contributed by atoms with Crippen molar-refractivity contribution in [3.8, 4) is 0 Å². The molecule has 1 fully saturated rings. The Kier molecular flexibility index (Phi) is 13.8. The Bertz CT molecular complexity index is 1640. The van der Waals surface area contributed by atoms with E-state index >= 15 is 0 Å². The highest BCUT2D eigenvalue weighted by atomic mass is 16.6. The average molecular weight is 732 g/mol. The van der Waals surface area contributed by atoms with Gasteiger partial charge in [-0.25, -0.2) is 4.79 Å². The summed E-state index contributed by atoms with van der Waals surface area (Å²) in [4.78, 5) is 58.0. The predicted octanol–water partition coefficient (Wildman–Crippen LogP) is 4.84. The minimum Gasteiger partial charge on any atom is -0.455 e. The van der Waals surface area contributed by atoms with Gasteiger partial charge in [0.25, 0.3) is 5.91 Å². The third-order valence-electron chi connectivity index (χ3n) is 10.5. The fourth-order valence-corrected chi connectivity index (χ4v) is 6.89. The Morgan fingerprint density at radius 1 is 1.02 bits per heavy atom. The van der Waals surface area contributed by atoms with Gasteiger partial charge in [0.2, 0.25) is 11.8 Å². The molecular formula is C42H57N3O8. The van der Waals surface area contributed by atoms with E-state index in [1.807, 2.05) is 107 Å². The molecule has 2 aliphatic heterocycles. The number of likely N-dealkylation sites (N-methyl/N-ethyl adjacent to an activating group) is 1. The number of carbonyl (C=O) groups excluding carboxylic acids is 4. The van der Waals surface area contributed by atoms with Crippen molar-refractivity contribution in [3.05, 3.63) is 95.6 Å². The van der Waals surface area contributed by atoms with E-state index in [2.05, 4.69) is 10.6 Å². The summed E-state index contributed by atoms with van der Waals surface area (Å²) in [6.07, 6.45) is 5.22. The molecule has 11 heteroatoms. The molecule has 0 aliphatic carbocycles. The number of hydrogen-bond acceptors (Lipinski definition) is 8. The number of benzene rings is 2. The minimum atomic E-state index is -1.75. The van der Waals surface area contributed by atoms with E-state index in [4.69, 9.17) is 14.2 Å². The van der Waals surface area contributed by atoms with Crippen LogP contribution in [0.25, 0.3) is 0 Å². The predicted molar refractivity (Wildman–Crippen MR) is 202 cm³/mol. The molecule has 0 aromatic heterocycles. The van der Waals surface area contributed by atoms with Gasteiger partial charge in [-0.15, -0.1) is 0 Å². The molecule has 53 heavy (non-hydrogen) atoms. The fraction of sp³-hybridized carbons (Fsp3) is 0.524. The maximum Gasteiger partial charge on any atom is 0.332 e. The van der Waals surface area contributed by atoms with Gasteiger partial charge in [-0.05, 0) is 50.3 Å². The summed E-state index contributed by atoms with van der Waals surface area (Å²) >= 11 is 0. The Labute approximate surface area is 314 Å². The molecule has 0 spiro atoms. The highest BCUT2D eigenvalue weighted by Gasteiger charge is 2.61. The summed E-state index contributed by atoms with van der Waals surface area (Å²) in [6.45, 7) is 12.2. The van der Waals surface area contributed by atoms with Gasteiger partial charge in [-0.1, -0.05) is 106 Å². The van der Waals surface area contributed by atoms with Crippen molar-refractivity contribution >= 4 is 23.7 Å². The number of esters is 1. The normalized spacial score (nSPS) is 31.8. The number of rotatable bonds is 7. The summed E-state index contributed by atoms with van der Waals surface area (Å²) in [5.74, 6) is -3.02. The van der Waals surface area contributed by atoms with Gasteiger partial charge in [0.05, 0.1) is 17.8 Å². The first-order valence-corrected chi connectivity index (χ1v) is 18.5. The molecule has 0 unspecified atom stereocenters. The lowest BCUT2D eigenvalue weighted by atomic mass is 9.93. The van der Waals surface area contributed by atoms with Crippen LogP contribution >= 0.6 is 0 Å². The number of epoxide rings is 1. The van der Waals surface area contributed by atoms with Crippen LogP contribution in [0.3, 0.4) is 0 Å². The number of nitrogens with zero attached hydrogens (tertiary/aromatic N) is 1. The molecule has 3 amide bonds. The molecule has 4 rings (SSSR count). The first-order chi connectivity index (χ1) is 25.0. The van der Waals surface area contributed by atoms with Crippen LogP contribution in [0.4, 0.5) is 0 Å². The van der Waals surface area contributed by atoms with Gasteiger partial charge >= 0.3 is 5.97 Å². The number of carbonyl (C=O) groups is 4. The zero-order valence-electron chi connectivity index (χ0n) is 32.5. The number of ether oxygens (including phenoxy) is 3. The molecule has 2 aliphatic rings. The Hall–Kier alpha value is -4.32. The molecule has 0 radical (unpaired) electrons. The summed E-state index contributed by atoms with van der Waals surface area (Å²) in [5, 5.41) is 16.9. The molecule has 3 N–H and O–H groups in total. The first kappa shape index (κ1) is 41.4. The monoisotopic (exact) mass is 731 g/mol. The van der Waals surface area contributed by atoms with Crippen LogP contribution in [-0.2, 0) is 39.8 Å². The third kappa shape index (κ3) is 10.2. The number of methoxy groups -OCH3 is 1. The smallest absolute Gasteiger partial charge is 0.332 e. The number of fused-ring (bicyclic) bond motifs is 1. The highest BCUT2D eigenvalue weighted by molar-refractivity contribution is 5.96. The van der Waals surface area contributed by atoms with Crippen molar-refractivity contribution in [3.63, 3.8) is 0 Å². The minimum absolute atomic E-state index is 0.0824. The van der Waals surface area contributed by atoms with Crippen LogP contribution in [0.15, 0.2) is 84.5 Å². The Morgan fingerprint density at radius 2 is 1.64 bits per heavy atom. The quantitative estimate of drug-likeness (QED) is 0.271. The second-order valence-corrected chi connectivity index (χ2v) is 15.2. The molecule has 11 nitrogen and oxygen atoms in total. The lowest BCUT2D eigenvalue weighted by molar-refractivity contribution is -0.162. The molecule has 288 valence electrons. The van der Waals surface area contributed by atoms with Gasteiger partial charge in [0.1, 0.15) is 18.2 Å². The van der Waals surface area contributed by atoms with E-state index in [1.165, 1.54) is 18.7 Å². The lowest BCUT2D eigenvalue weighted by Crippen LogP contribution is -2.61. The second kappa shape index (κ2) is 17.7. The first-order valence-electron chi connectivity index (χ1n) is 18.5. The van der Waals surface area contributed by atoms with E-state index in [0.29, 0.717) is 12.8 Å². The van der Waals surface area contributed by atoms with Crippen molar-refractivity contribution in [2.24, 2.45) is 11.8 Å². The SMILES string of the molecule is CC[C@H](C)[C@H]1C(=O)N[C@H](Cc2ccccc2)C(=O)N[C@@H](C(C)(C)O)C(=O)O[C@H](c2ccccc2)[C@H](C)/C=C/C=C(\C)[C@H](OC)C[C@@H]2O[C@@]2(C)C(=O)N1C. The zero-order valence-corrected chi connectivity index (χ0v) is 32.5. The van der Waals surface area contributed by atoms with Gasteiger partial charge in [-0.2, -0.15) is 0 Å². The van der Waals surface area contributed by atoms with E-state index in [-0.39, 0.29) is 30.3 Å². The number of allylic oxidation sites excluding steroid dienone is 2. The number of amides is 3. The van der Waals surface area contributed by atoms with Crippen molar-refractivity contribution in [1.29, 1.82) is 0 Å². The van der Waals surface area contributed by atoms with Gasteiger partial charge in [0.15, 0.2) is 11.6 Å². The number of hydrogen-bond donors (Lipinski definition) is 3.